The Morgan fingerprint density at radius 2 is 1.90 bits per heavy atom. The molecule has 2 saturated heterocycles. The number of imide groups is 1. The lowest BCUT2D eigenvalue weighted by Gasteiger charge is -2.50. The van der Waals surface area contributed by atoms with Crippen LogP contribution in [0.25, 0.3) is 5.57 Å². The lowest BCUT2D eigenvalue weighted by atomic mass is 9.64. The average molecular weight is 395 g/mol. The predicted molar refractivity (Wildman–Crippen MR) is 109 cm³/mol. The van der Waals surface area contributed by atoms with E-state index in [1.807, 2.05) is 57.2 Å². The molecule has 0 unspecified atom stereocenters. The normalized spacial score (nSPS) is 25.7. The largest absolute Gasteiger partial charge is 0.443 e. The maximum Gasteiger partial charge on any atom is 0.414 e. The van der Waals surface area contributed by atoms with Crippen LogP contribution in [-0.2, 0) is 14.3 Å². The fourth-order valence-electron chi connectivity index (χ4n) is 3.83. The summed E-state index contributed by atoms with van der Waals surface area (Å²) in [6.45, 7) is 5.97. The van der Waals surface area contributed by atoms with Gasteiger partial charge in [-0.2, -0.15) is 0 Å². The summed E-state index contributed by atoms with van der Waals surface area (Å²) in [6.07, 6.45) is 6.31. The van der Waals surface area contributed by atoms with Gasteiger partial charge in [0.05, 0.1) is 0 Å². The van der Waals surface area contributed by atoms with Crippen molar-refractivity contribution in [2.75, 3.05) is 11.9 Å². The molecule has 7 heteroatoms. The number of rotatable bonds is 3. The molecule has 152 valence electrons. The van der Waals surface area contributed by atoms with Gasteiger partial charge in [0, 0.05) is 24.4 Å². The van der Waals surface area contributed by atoms with Crippen LogP contribution in [-0.4, -0.2) is 40.5 Å². The molecule has 3 amide bonds. The Bertz CT molecular complexity index is 918. The van der Waals surface area contributed by atoms with E-state index in [4.69, 9.17) is 4.74 Å². The van der Waals surface area contributed by atoms with E-state index in [0.29, 0.717) is 19.4 Å². The van der Waals surface area contributed by atoms with Gasteiger partial charge in [0.2, 0.25) is 5.91 Å². The van der Waals surface area contributed by atoms with Crippen molar-refractivity contribution in [2.24, 2.45) is 5.92 Å². The molecule has 3 heterocycles. The molecule has 0 spiro atoms. The number of piperidine rings is 2. The van der Waals surface area contributed by atoms with E-state index in [9.17, 15) is 14.4 Å². The summed E-state index contributed by atoms with van der Waals surface area (Å²) in [5, 5.41) is 5.73. The van der Waals surface area contributed by atoms with E-state index in [2.05, 4.69) is 10.6 Å². The van der Waals surface area contributed by atoms with E-state index in [-0.39, 0.29) is 23.8 Å². The standard InChI is InChI=1S/C22H25N3O4/c1-21(2,3)29-20(28)25-10-8-15(9-11-25)14-4-6-17(7-5-14)24-22-12-16(13-22)18(26)23-19(22)27/h4-10,16,24H,11-13H2,1-3H3,(H,23,26,27). The number of nitrogens with zero attached hydrogens (tertiary/aromatic N) is 1. The molecule has 1 aromatic carbocycles. The van der Waals surface area contributed by atoms with Gasteiger partial charge in [-0.25, -0.2) is 4.79 Å². The summed E-state index contributed by atoms with van der Waals surface area (Å²) in [7, 11) is 0. The minimum Gasteiger partial charge on any atom is -0.443 e. The van der Waals surface area contributed by atoms with Gasteiger partial charge in [-0.1, -0.05) is 18.2 Å². The summed E-state index contributed by atoms with van der Waals surface area (Å²) in [6, 6.07) is 7.80. The van der Waals surface area contributed by atoms with Crippen LogP contribution in [0.3, 0.4) is 0 Å². The van der Waals surface area contributed by atoms with Crippen LogP contribution in [0.1, 0.15) is 39.2 Å². The fourth-order valence-corrected chi connectivity index (χ4v) is 3.83. The number of carbonyl (C=O) groups is 3. The molecule has 0 aromatic heterocycles. The van der Waals surface area contributed by atoms with Gasteiger partial charge in [-0.3, -0.25) is 19.8 Å². The third-order valence-electron chi connectivity index (χ3n) is 5.40. The third kappa shape index (κ3) is 3.77. The van der Waals surface area contributed by atoms with Crippen molar-refractivity contribution in [1.29, 1.82) is 0 Å². The molecule has 1 saturated carbocycles. The first kappa shape index (κ1) is 19.2. The van der Waals surface area contributed by atoms with Crippen LogP contribution in [0.5, 0.6) is 0 Å². The number of nitrogens with one attached hydrogen (secondary N) is 2. The van der Waals surface area contributed by atoms with Gasteiger partial charge in [0.1, 0.15) is 11.1 Å². The number of amides is 3. The van der Waals surface area contributed by atoms with Crippen LogP contribution in [0.2, 0.25) is 0 Å². The van der Waals surface area contributed by atoms with Crippen molar-refractivity contribution >= 4 is 29.2 Å². The van der Waals surface area contributed by atoms with Crippen molar-refractivity contribution in [3.8, 4) is 0 Å². The summed E-state index contributed by atoms with van der Waals surface area (Å²) >= 11 is 0. The van der Waals surface area contributed by atoms with Crippen molar-refractivity contribution in [1.82, 2.24) is 10.2 Å². The Labute approximate surface area is 169 Å². The van der Waals surface area contributed by atoms with Crippen LogP contribution >= 0.6 is 0 Å². The summed E-state index contributed by atoms with van der Waals surface area (Å²) in [5.41, 5.74) is 1.67. The highest BCUT2D eigenvalue weighted by molar-refractivity contribution is 6.08. The molecule has 4 aliphatic rings. The molecule has 3 fully saturated rings. The van der Waals surface area contributed by atoms with E-state index < -0.39 is 11.1 Å². The van der Waals surface area contributed by atoms with Gasteiger partial charge in [-0.15, -0.1) is 0 Å². The number of carbonyl (C=O) groups excluding carboxylic acids is 3. The van der Waals surface area contributed by atoms with Crippen molar-refractivity contribution < 1.29 is 19.1 Å². The van der Waals surface area contributed by atoms with Crippen molar-refractivity contribution in [3.05, 3.63) is 48.2 Å². The predicted octanol–water partition coefficient (Wildman–Crippen LogP) is 3.05. The maximum atomic E-state index is 12.2. The van der Waals surface area contributed by atoms with E-state index in [1.54, 1.807) is 6.20 Å². The lowest BCUT2D eigenvalue weighted by Crippen LogP contribution is -2.69. The second kappa shape index (κ2) is 6.76. The monoisotopic (exact) mass is 395 g/mol. The number of hydrogen-bond acceptors (Lipinski definition) is 5. The molecular weight excluding hydrogens is 370 g/mol. The Morgan fingerprint density at radius 1 is 1.21 bits per heavy atom. The summed E-state index contributed by atoms with van der Waals surface area (Å²) < 4.78 is 5.38. The Hall–Kier alpha value is -3.09. The van der Waals surface area contributed by atoms with Crippen LogP contribution < -0.4 is 10.6 Å². The average Bonchev–Trinajstić information content (AvgIpc) is 2.62. The highest BCUT2D eigenvalue weighted by atomic mass is 16.6. The first-order valence-corrected chi connectivity index (χ1v) is 9.77. The molecular formula is C22H25N3O4. The molecule has 2 N–H and O–H groups in total. The highest BCUT2D eigenvalue weighted by Gasteiger charge is 2.57. The zero-order valence-electron chi connectivity index (χ0n) is 16.8. The molecule has 0 radical (unpaired) electrons. The SMILES string of the molecule is CC(C)(C)OC(=O)N1C=CC(c2ccc(NC34CC(C3)C(=O)NC4=O)cc2)=CC1. The van der Waals surface area contributed by atoms with Gasteiger partial charge in [0.15, 0.2) is 0 Å². The molecule has 0 atom stereocenters. The zero-order chi connectivity index (χ0) is 20.8. The van der Waals surface area contributed by atoms with Crippen molar-refractivity contribution in [2.45, 2.75) is 44.8 Å². The van der Waals surface area contributed by atoms with Crippen LogP contribution in [0.15, 0.2) is 42.6 Å². The van der Waals surface area contributed by atoms with Gasteiger partial charge < -0.3 is 10.1 Å². The second-order valence-electron chi connectivity index (χ2n) is 8.82. The van der Waals surface area contributed by atoms with E-state index >= 15 is 0 Å². The molecule has 7 nitrogen and oxygen atoms in total. The maximum absolute atomic E-state index is 12.2. The third-order valence-corrected chi connectivity index (χ3v) is 5.40. The van der Waals surface area contributed by atoms with Gasteiger partial charge in [-0.05, 0) is 63.0 Å². The van der Waals surface area contributed by atoms with Gasteiger partial charge in [0.25, 0.3) is 5.91 Å². The Morgan fingerprint density at radius 3 is 2.45 bits per heavy atom. The molecule has 3 aliphatic heterocycles. The molecule has 1 aromatic rings. The molecule has 29 heavy (non-hydrogen) atoms. The highest BCUT2D eigenvalue weighted by Crippen LogP contribution is 2.44. The Balaban J connectivity index is 1.38. The first-order chi connectivity index (χ1) is 13.7. The number of allylic oxidation sites excluding steroid dienone is 2. The number of anilines is 1. The quantitative estimate of drug-likeness (QED) is 0.768. The van der Waals surface area contributed by atoms with E-state index in [1.165, 1.54) is 4.90 Å². The summed E-state index contributed by atoms with van der Waals surface area (Å²) in [5.74, 6) is -0.468. The number of hydrogen-bond donors (Lipinski definition) is 2. The first-order valence-electron chi connectivity index (χ1n) is 9.77. The van der Waals surface area contributed by atoms with Crippen LogP contribution in [0.4, 0.5) is 10.5 Å². The zero-order valence-corrected chi connectivity index (χ0v) is 16.8. The molecule has 2 bridgehead atoms. The smallest absolute Gasteiger partial charge is 0.414 e. The van der Waals surface area contributed by atoms with Gasteiger partial charge >= 0.3 is 6.09 Å². The minimum absolute atomic E-state index is 0.0649. The molecule has 1 aliphatic carbocycles. The van der Waals surface area contributed by atoms with Crippen LogP contribution in [0, 0.1) is 5.92 Å². The minimum atomic E-state index is -0.669. The Kier molecular flexibility index (Phi) is 4.48. The number of ether oxygens (including phenoxy) is 1. The van der Waals surface area contributed by atoms with Crippen molar-refractivity contribution in [3.63, 3.8) is 0 Å². The topological polar surface area (TPSA) is 87.7 Å². The van der Waals surface area contributed by atoms with E-state index in [0.717, 1.165) is 16.8 Å². The number of benzene rings is 1. The number of fused-ring (bicyclic) bond motifs is 2. The second-order valence-corrected chi connectivity index (χ2v) is 8.82. The lowest BCUT2D eigenvalue weighted by molar-refractivity contribution is -0.148. The fraction of sp³-hybridized carbons (Fsp3) is 0.409. The molecule has 5 rings (SSSR count). The summed E-state index contributed by atoms with van der Waals surface area (Å²) in [4.78, 5) is 37.4.